The highest BCUT2D eigenvalue weighted by atomic mass is 33.1. The minimum absolute atomic E-state index is 1.03. The molecule has 1 rings (SSSR count). The van der Waals surface area contributed by atoms with Crippen molar-refractivity contribution in [3.63, 3.8) is 0 Å². The maximum absolute atomic E-state index is 3.92. The molecule has 0 amide bonds. The molecule has 5 heteroatoms. The van der Waals surface area contributed by atoms with Crippen molar-refractivity contribution < 1.29 is 0 Å². The molecule has 0 aromatic carbocycles. The molecule has 9 heavy (non-hydrogen) atoms. The van der Waals surface area contributed by atoms with E-state index in [1.54, 1.807) is 32.9 Å². The van der Waals surface area contributed by atoms with E-state index >= 15 is 0 Å². The van der Waals surface area contributed by atoms with Crippen LogP contribution in [-0.2, 0) is 0 Å². The Bertz CT molecular complexity index is 186. The number of hydrogen-bond acceptors (Lipinski definition) is 5. The van der Waals surface area contributed by atoms with E-state index in [1.807, 2.05) is 13.2 Å². The van der Waals surface area contributed by atoms with Crippen LogP contribution in [0.15, 0.2) is 4.34 Å². The van der Waals surface area contributed by atoms with Crippen LogP contribution in [0.25, 0.3) is 0 Å². The van der Waals surface area contributed by atoms with Crippen molar-refractivity contribution >= 4 is 32.9 Å². The molecule has 0 saturated carbocycles. The summed E-state index contributed by atoms with van der Waals surface area (Å²) in [6.07, 6.45) is 2.03. The predicted octanol–water partition coefficient (Wildman–Crippen LogP) is 2.22. The molecule has 0 unspecified atom stereocenters. The first-order chi connectivity index (χ1) is 4.33. The van der Waals surface area contributed by atoms with Crippen molar-refractivity contribution in [3.8, 4) is 0 Å². The fourth-order valence-electron chi connectivity index (χ4n) is 0.383. The third-order valence-electron chi connectivity index (χ3n) is 0.662. The SMILES string of the molecule is CSSc1nnc(C)s1. The maximum atomic E-state index is 3.92. The van der Waals surface area contributed by atoms with Crippen LogP contribution in [0.2, 0.25) is 0 Å². The van der Waals surface area contributed by atoms with Gasteiger partial charge in [-0.2, -0.15) is 0 Å². The molecule has 0 N–H and O–H groups in total. The first-order valence-electron chi connectivity index (χ1n) is 2.33. The van der Waals surface area contributed by atoms with E-state index in [0.29, 0.717) is 0 Å². The highest BCUT2D eigenvalue weighted by Gasteiger charge is 1.97. The summed E-state index contributed by atoms with van der Waals surface area (Å²) in [7, 11) is 3.35. The Labute approximate surface area is 65.9 Å². The van der Waals surface area contributed by atoms with Gasteiger partial charge in [0, 0.05) is 0 Å². The van der Waals surface area contributed by atoms with Gasteiger partial charge in [0.15, 0.2) is 4.34 Å². The van der Waals surface area contributed by atoms with E-state index < -0.39 is 0 Å². The normalized spacial score (nSPS) is 10.0. The standard InChI is InChI=1S/C4H6N2S3/c1-3-5-6-4(8-3)9-7-2/h1-2H3. The lowest BCUT2D eigenvalue weighted by Gasteiger charge is -1.82. The molecule has 0 fully saturated rings. The van der Waals surface area contributed by atoms with Gasteiger partial charge in [-0.05, 0) is 24.0 Å². The molecular weight excluding hydrogens is 172 g/mol. The fourth-order valence-corrected chi connectivity index (χ4v) is 2.96. The largest absolute Gasteiger partial charge is 0.184 e. The van der Waals surface area contributed by atoms with E-state index in [1.165, 1.54) is 0 Å². The highest BCUT2D eigenvalue weighted by molar-refractivity contribution is 8.76. The lowest BCUT2D eigenvalue weighted by Crippen LogP contribution is -1.67. The van der Waals surface area contributed by atoms with E-state index in [0.717, 1.165) is 9.35 Å². The van der Waals surface area contributed by atoms with E-state index in [-0.39, 0.29) is 0 Å². The molecule has 0 aliphatic carbocycles. The Kier molecular flexibility index (Phi) is 2.81. The van der Waals surface area contributed by atoms with Gasteiger partial charge in [0.05, 0.1) is 0 Å². The number of aromatic nitrogens is 2. The Morgan fingerprint density at radius 3 is 2.67 bits per heavy atom. The minimum Gasteiger partial charge on any atom is -0.143 e. The first-order valence-corrected chi connectivity index (χ1v) is 5.71. The molecule has 0 saturated heterocycles. The van der Waals surface area contributed by atoms with Gasteiger partial charge in [-0.25, -0.2) is 0 Å². The monoisotopic (exact) mass is 178 g/mol. The molecule has 0 spiro atoms. The van der Waals surface area contributed by atoms with Crippen molar-refractivity contribution in [1.82, 2.24) is 10.2 Å². The minimum atomic E-state index is 1.03. The zero-order valence-corrected chi connectivity index (χ0v) is 7.57. The van der Waals surface area contributed by atoms with Gasteiger partial charge in [-0.3, -0.25) is 0 Å². The summed E-state index contributed by atoms with van der Waals surface area (Å²) in [6.45, 7) is 1.96. The van der Waals surface area contributed by atoms with Gasteiger partial charge in [0.1, 0.15) is 5.01 Å². The summed E-state index contributed by atoms with van der Waals surface area (Å²) in [4.78, 5) is 0. The average Bonchev–Trinajstić information content (AvgIpc) is 2.17. The smallest absolute Gasteiger partial charge is 0.143 e. The summed E-state index contributed by atoms with van der Waals surface area (Å²) in [6, 6.07) is 0. The zero-order chi connectivity index (χ0) is 6.69. The van der Waals surface area contributed by atoms with Crippen LogP contribution in [0.5, 0.6) is 0 Å². The van der Waals surface area contributed by atoms with Crippen LogP contribution in [0.4, 0.5) is 0 Å². The summed E-state index contributed by atoms with van der Waals surface area (Å²) in [5.41, 5.74) is 0. The van der Waals surface area contributed by atoms with Crippen molar-refractivity contribution in [1.29, 1.82) is 0 Å². The van der Waals surface area contributed by atoms with Crippen LogP contribution in [0.1, 0.15) is 5.01 Å². The van der Waals surface area contributed by atoms with Crippen molar-refractivity contribution in [2.75, 3.05) is 6.26 Å². The summed E-state index contributed by atoms with van der Waals surface area (Å²) >= 11 is 1.63. The average molecular weight is 178 g/mol. The van der Waals surface area contributed by atoms with E-state index in [2.05, 4.69) is 10.2 Å². The van der Waals surface area contributed by atoms with E-state index in [9.17, 15) is 0 Å². The molecule has 50 valence electrons. The molecule has 1 aromatic rings. The molecular formula is C4H6N2S3. The van der Waals surface area contributed by atoms with Gasteiger partial charge in [0.25, 0.3) is 0 Å². The quantitative estimate of drug-likeness (QED) is 0.649. The van der Waals surface area contributed by atoms with Crippen LogP contribution < -0.4 is 0 Å². The Balaban J connectivity index is 2.61. The topological polar surface area (TPSA) is 25.8 Å². The van der Waals surface area contributed by atoms with Gasteiger partial charge in [0.2, 0.25) is 0 Å². The maximum Gasteiger partial charge on any atom is 0.184 e. The third kappa shape index (κ3) is 2.15. The van der Waals surface area contributed by atoms with Gasteiger partial charge in [-0.1, -0.05) is 22.1 Å². The van der Waals surface area contributed by atoms with Crippen molar-refractivity contribution in [3.05, 3.63) is 5.01 Å². The highest BCUT2D eigenvalue weighted by Crippen LogP contribution is 2.30. The van der Waals surface area contributed by atoms with Crippen LogP contribution >= 0.6 is 32.9 Å². The fraction of sp³-hybridized carbons (Fsp3) is 0.500. The van der Waals surface area contributed by atoms with Crippen LogP contribution in [-0.4, -0.2) is 16.5 Å². The Hall–Kier alpha value is 0.260. The Morgan fingerprint density at radius 1 is 1.44 bits per heavy atom. The lowest BCUT2D eigenvalue weighted by atomic mass is 10.9. The molecule has 0 aliphatic rings. The number of rotatable bonds is 2. The lowest BCUT2D eigenvalue weighted by molar-refractivity contribution is 0.986. The Morgan fingerprint density at radius 2 is 2.22 bits per heavy atom. The van der Waals surface area contributed by atoms with E-state index in [4.69, 9.17) is 0 Å². The molecule has 1 aromatic heterocycles. The number of aryl methyl sites for hydroxylation is 1. The second kappa shape index (κ2) is 3.43. The second-order valence-electron chi connectivity index (χ2n) is 1.34. The second-order valence-corrected chi connectivity index (χ2v) is 5.16. The van der Waals surface area contributed by atoms with Crippen LogP contribution in [0, 0.1) is 6.92 Å². The van der Waals surface area contributed by atoms with Crippen molar-refractivity contribution in [2.24, 2.45) is 0 Å². The number of hydrogen-bond donors (Lipinski definition) is 0. The molecule has 1 heterocycles. The van der Waals surface area contributed by atoms with Crippen LogP contribution in [0.3, 0.4) is 0 Å². The zero-order valence-electron chi connectivity index (χ0n) is 5.12. The van der Waals surface area contributed by atoms with Gasteiger partial charge >= 0.3 is 0 Å². The first kappa shape index (κ1) is 7.37. The molecule has 0 radical (unpaired) electrons. The van der Waals surface area contributed by atoms with Gasteiger partial charge in [-0.15, -0.1) is 10.2 Å². The number of nitrogens with zero attached hydrogens (tertiary/aromatic N) is 2. The van der Waals surface area contributed by atoms with Gasteiger partial charge < -0.3 is 0 Å². The summed E-state index contributed by atoms with van der Waals surface area (Å²) in [5.74, 6) is 0. The molecule has 0 aliphatic heterocycles. The van der Waals surface area contributed by atoms with Crippen molar-refractivity contribution in [2.45, 2.75) is 11.3 Å². The predicted molar refractivity (Wildman–Crippen MR) is 44.0 cm³/mol. The summed E-state index contributed by atoms with van der Waals surface area (Å²) < 4.78 is 1.04. The molecule has 0 bridgehead atoms. The summed E-state index contributed by atoms with van der Waals surface area (Å²) in [5, 5.41) is 8.82. The third-order valence-corrected chi connectivity index (χ3v) is 3.48. The molecule has 0 atom stereocenters. The molecule has 2 nitrogen and oxygen atoms in total.